The number of hydrogen-bond acceptors (Lipinski definition) is 11. The van der Waals surface area contributed by atoms with Crippen molar-refractivity contribution in [2.75, 3.05) is 0 Å². The lowest BCUT2D eigenvalue weighted by Gasteiger charge is -2.24. The fraction of sp³-hybridized carbons (Fsp3) is 0.261. The van der Waals surface area contributed by atoms with Crippen LogP contribution in [-0.2, 0) is 38.4 Å². The molecule has 2 saturated heterocycles. The van der Waals surface area contributed by atoms with E-state index in [1.807, 2.05) is 0 Å². The molecule has 69 heavy (non-hydrogen) atoms. The van der Waals surface area contributed by atoms with Crippen molar-refractivity contribution in [3.05, 3.63) is 145 Å². The fourth-order valence-corrected chi connectivity index (χ4v) is 7.74. The first kappa shape index (κ1) is 48.7. The quantitative estimate of drug-likeness (QED) is 0.110. The standard InChI is InChI=1S/C23H19F3N4O5.C23H19F3N4O4/c1-12-28-17-7-2-13(10-16(17)22(34)30(12)18-8-9-19(31)29-21(18)33)11-27-20(32)14-3-5-15(6-4-14)35-23(24,25)26;1-12-28-17-6-5-13(11-27-20(32)14-3-2-4-15(10-14)23(24,25)26)9-16(17)22(34)30(12)18-7-8-19(31)29-21(18)33/h2-7,10,18H,8-9,11H2,1H3,(H,27,32)(H,29,31,33);2-6,9-10,18H,7-8,11H2,1H3,(H,27,32)(H,29,31,33)/t2*18-/m10/s1. The normalized spacial score (nSPS) is 16.3. The first-order chi connectivity index (χ1) is 32.6. The molecular formula is C46H38F6N8O9. The van der Waals surface area contributed by atoms with Gasteiger partial charge in [0.15, 0.2) is 0 Å². The van der Waals surface area contributed by atoms with Crippen molar-refractivity contribution in [1.29, 1.82) is 0 Å². The van der Waals surface area contributed by atoms with Crippen molar-refractivity contribution in [1.82, 2.24) is 40.4 Å². The summed E-state index contributed by atoms with van der Waals surface area (Å²) in [5.41, 5.74) is 0.0157. The Morgan fingerprint density at radius 2 is 1.10 bits per heavy atom. The van der Waals surface area contributed by atoms with Crippen LogP contribution in [0.5, 0.6) is 5.75 Å². The number of aryl methyl sites for hydroxylation is 2. The van der Waals surface area contributed by atoms with Crippen LogP contribution in [0.1, 0.15) is 86.8 Å². The van der Waals surface area contributed by atoms with Gasteiger partial charge in [0.2, 0.25) is 23.6 Å². The molecule has 17 nitrogen and oxygen atoms in total. The molecule has 6 aromatic rings. The molecule has 2 aromatic heterocycles. The Labute approximate surface area is 384 Å². The van der Waals surface area contributed by atoms with Gasteiger partial charge in [-0.15, -0.1) is 13.2 Å². The maximum Gasteiger partial charge on any atom is 0.573 e. The number of nitrogens with one attached hydrogen (secondary N) is 4. The van der Waals surface area contributed by atoms with Crippen molar-refractivity contribution in [2.24, 2.45) is 0 Å². The molecule has 2 aliphatic rings. The number of alkyl halides is 6. The van der Waals surface area contributed by atoms with E-state index in [0.717, 1.165) is 30.3 Å². The predicted molar refractivity (Wildman–Crippen MR) is 231 cm³/mol. The summed E-state index contributed by atoms with van der Waals surface area (Å²) >= 11 is 0. The third-order valence-electron chi connectivity index (χ3n) is 11.0. The van der Waals surface area contributed by atoms with E-state index >= 15 is 0 Å². The topological polar surface area (TPSA) is 230 Å². The van der Waals surface area contributed by atoms with Crippen LogP contribution in [0.3, 0.4) is 0 Å². The maximum atomic E-state index is 13.2. The molecule has 0 bridgehead atoms. The number of rotatable bonds is 9. The average Bonchev–Trinajstić information content (AvgIpc) is 3.28. The molecule has 0 unspecified atom stereocenters. The average molecular weight is 961 g/mol. The number of ether oxygens (including phenoxy) is 1. The molecular weight excluding hydrogens is 923 g/mol. The minimum Gasteiger partial charge on any atom is -0.406 e. The number of piperidine rings is 2. The second kappa shape index (κ2) is 19.5. The van der Waals surface area contributed by atoms with E-state index in [9.17, 15) is 64.7 Å². The second-order valence-electron chi connectivity index (χ2n) is 15.8. The van der Waals surface area contributed by atoms with Gasteiger partial charge in [0.25, 0.3) is 22.9 Å². The second-order valence-corrected chi connectivity index (χ2v) is 15.8. The van der Waals surface area contributed by atoms with Crippen molar-refractivity contribution in [3.63, 3.8) is 0 Å². The molecule has 0 aliphatic carbocycles. The van der Waals surface area contributed by atoms with Crippen LogP contribution >= 0.6 is 0 Å². The summed E-state index contributed by atoms with van der Waals surface area (Å²) < 4.78 is 81.8. The fourth-order valence-electron chi connectivity index (χ4n) is 7.74. The minimum atomic E-state index is -4.83. The molecule has 4 heterocycles. The molecule has 4 N–H and O–H groups in total. The van der Waals surface area contributed by atoms with Gasteiger partial charge in [-0.1, -0.05) is 18.2 Å². The summed E-state index contributed by atoms with van der Waals surface area (Å²) in [6.45, 7) is 3.18. The zero-order valence-electron chi connectivity index (χ0n) is 36.2. The predicted octanol–water partition coefficient (Wildman–Crippen LogP) is 5.14. The van der Waals surface area contributed by atoms with Gasteiger partial charge in [-0.2, -0.15) is 13.2 Å². The molecule has 358 valence electrons. The molecule has 4 aromatic carbocycles. The van der Waals surface area contributed by atoms with Gasteiger partial charge < -0.3 is 15.4 Å². The van der Waals surface area contributed by atoms with Gasteiger partial charge in [0, 0.05) is 37.1 Å². The first-order valence-electron chi connectivity index (χ1n) is 20.9. The Morgan fingerprint density at radius 3 is 1.54 bits per heavy atom. The molecule has 8 rings (SSSR count). The van der Waals surface area contributed by atoms with E-state index in [4.69, 9.17) is 0 Å². The number of benzene rings is 4. The largest absolute Gasteiger partial charge is 0.573 e. The Bertz CT molecular complexity index is 3190. The molecule has 0 saturated carbocycles. The Balaban J connectivity index is 0.000000204. The zero-order valence-corrected chi connectivity index (χ0v) is 36.2. The van der Waals surface area contributed by atoms with Crippen LogP contribution in [0.15, 0.2) is 94.5 Å². The minimum absolute atomic E-state index is 0.0291. The number of fused-ring (bicyclic) bond motifs is 2. The number of nitrogens with zero attached hydrogens (tertiary/aromatic N) is 4. The third-order valence-corrected chi connectivity index (χ3v) is 11.0. The smallest absolute Gasteiger partial charge is 0.406 e. The summed E-state index contributed by atoms with van der Waals surface area (Å²) in [4.78, 5) is 107. The van der Waals surface area contributed by atoms with Gasteiger partial charge >= 0.3 is 12.5 Å². The van der Waals surface area contributed by atoms with Crippen molar-refractivity contribution in [2.45, 2.75) is 77.2 Å². The summed E-state index contributed by atoms with van der Waals surface area (Å²) in [6.07, 6.45) is -8.84. The van der Waals surface area contributed by atoms with Gasteiger partial charge in [0.1, 0.15) is 29.5 Å². The van der Waals surface area contributed by atoms with Crippen LogP contribution in [0.2, 0.25) is 0 Å². The maximum absolute atomic E-state index is 13.2. The van der Waals surface area contributed by atoms with E-state index in [0.29, 0.717) is 33.8 Å². The molecule has 6 amide bonds. The van der Waals surface area contributed by atoms with Crippen molar-refractivity contribution < 1.29 is 59.8 Å². The van der Waals surface area contributed by atoms with Crippen LogP contribution in [0.25, 0.3) is 21.8 Å². The number of halogens is 6. The summed E-state index contributed by atoms with van der Waals surface area (Å²) in [7, 11) is 0. The molecule has 2 fully saturated rings. The summed E-state index contributed by atoms with van der Waals surface area (Å²) in [5, 5.41) is 10.1. The highest BCUT2D eigenvalue weighted by Crippen LogP contribution is 2.30. The monoisotopic (exact) mass is 960 g/mol. The Morgan fingerprint density at radius 1 is 0.638 bits per heavy atom. The highest BCUT2D eigenvalue weighted by Gasteiger charge is 2.34. The van der Waals surface area contributed by atoms with E-state index in [1.54, 1.807) is 44.2 Å². The van der Waals surface area contributed by atoms with Crippen LogP contribution in [0.4, 0.5) is 26.3 Å². The number of hydrogen-bond donors (Lipinski definition) is 4. The third kappa shape index (κ3) is 11.3. The number of aromatic nitrogens is 4. The Kier molecular flexibility index (Phi) is 13.8. The lowest BCUT2D eigenvalue weighted by Crippen LogP contribution is -2.45. The molecule has 0 radical (unpaired) electrons. The zero-order chi connectivity index (χ0) is 49.9. The van der Waals surface area contributed by atoms with Crippen LogP contribution in [-0.4, -0.2) is 60.9 Å². The number of carbonyl (C=O) groups is 6. The molecule has 0 spiro atoms. The van der Waals surface area contributed by atoms with Crippen molar-refractivity contribution >= 4 is 57.2 Å². The van der Waals surface area contributed by atoms with E-state index in [2.05, 4.69) is 36.0 Å². The Hall–Kier alpha value is -8.24. The van der Waals surface area contributed by atoms with Crippen LogP contribution < -0.4 is 37.1 Å². The van der Waals surface area contributed by atoms with Crippen molar-refractivity contribution in [3.8, 4) is 5.75 Å². The van der Waals surface area contributed by atoms with Gasteiger partial charge in [0.05, 0.1) is 27.4 Å². The lowest BCUT2D eigenvalue weighted by atomic mass is 10.0. The summed E-state index contributed by atoms with van der Waals surface area (Å²) in [6, 6.07) is 16.4. The number of imide groups is 2. The van der Waals surface area contributed by atoms with E-state index in [-0.39, 0.29) is 60.7 Å². The van der Waals surface area contributed by atoms with Gasteiger partial charge in [-0.25, -0.2) is 9.97 Å². The molecule has 2 atom stereocenters. The number of carbonyl (C=O) groups excluding carboxylic acids is 6. The SMILES string of the molecule is Cc1nc2ccc(CNC(=O)c3ccc(OC(F)(F)F)cc3)cc2c(=O)n1[C@@H]1CCC(=O)NC1=O.Cc1nc2ccc(CNC(=O)c3cccc(C(F)(F)F)c3)cc2c(=O)n1[C@H]1CCC(=O)NC1=O. The van der Waals surface area contributed by atoms with Gasteiger partial charge in [-0.3, -0.25) is 58.1 Å². The molecule has 23 heteroatoms. The lowest BCUT2D eigenvalue weighted by molar-refractivity contribution is -0.274. The highest BCUT2D eigenvalue weighted by molar-refractivity contribution is 6.00. The van der Waals surface area contributed by atoms with Gasteiger partial charge in [-0.05, 0) is 105 Å². The first-order valence-corrected chi connectivity index (χ1v) is 20.9. The highest BCUT2D eigenvalue weighted by atomic mass is 19.4. The number of amides is 6. The van der Waals surface area contributed by atoms with E-state index in [1.165, 1.54) is 33.4 Å². The summed E-state index contributed by atoms with van der Waals surface area (Å²) in [5.74, 6) is -2.98. The molecule has 2 aliphatic heterocycles. The van der Waals surface area contributed by atoms with Crippen LogP contribution in [0, 0.1) is 13.8 Å². The van der Waals surface area contributed by atoms with E-state index < -0.39 is 82.5 Å².